The number of carbonyl (C=O) groups excluding carboxylic acids is 2. The highest BCUT2D eigenvalue weighted by Gasteiger charge is 2.33. The van der Waals surface area contributed by atoms with Crippen molar-refractivity contribution < 1.29 is 14.3 Å². The maximum Gasteiger partial charge on any atom is 0.410 e. The molecule has 2 fully saturated rings. The van der Waals surface area contributed by atoms with Crippen molar-refractivity contribution in [2.24, 2.45) is 5.92 Å². The minimum absolute atomic E-state index is 0.00842. The molecule has 150 valence electrons. The summed E-state index contributed by atoms with van der Waals surface area (Å²) in [5.74, 6) is 0.197. The SMILES string of the molecule is CC(C)(C)OC(=O)N1CCC(C(=O)N2CCN(c3nnc(Br)s3)CC2)CC1. The van der Waals surface area contributed by atoms with E-state index < -0.39 is 5.60 Å². The Labute approximate surface area is 172 Å². The van der Waals surface area contributed by atoms with E-state index in [9.17, 15) is 9.59 Å². The molecule has 0 aromatic carbocycles. The smallest absolute Gasteiger partial charge is 0.410 e. The maximum atomic E-state index is 12.8. The van der Waals surface area contributed by atoms with E-state index >= 15 is 0 Å². The van der Waals surface area contributed by atoms with Gasteiger partial charge in [-0.2, -0.15) is 0 Å². The van der Waals surface area contributed by atoms with Crippen molar-refractivity contribution in [3.8, 4) is 0 Å². The molecular weight excluding hydrogens is 434 g/mol. The molecule has 0 aliphatic carbocycles. The van der Waals surface area contributed by atoms with E-state index in [0.29, 0.717) is 39.0 Å². The van der Waals surface area contributed by atoms with Gasteiger partial charge >= 0.3 is 6.09 Å². The number of rotatable bonds is 2. The summed E-state index contributed by atoms with van der Waals surface area (Å²) >= 11 is 4.84. The Morgan fingerprint density at radius 1 is 1.04 bits per heavy atom. The number of halogens is 1. The van der Waals surface area contributed by atoms with Crippen LogP contribution in [0, 0.1) is 5.92 Å². The third kappa shape index (κ3) is 5.31. The second-order valence-electron chi connectivity index (χ2n) is 7.89. The highest BCUT2D eigenvalue weighted by molar-refractivity contribution is 9.11. The van der Waals surface area contributed by atoms with Gasteiger partial charge in [0.15, 0.2) is 3.92 Å². The zero-order valence-electron chi connectivity index (χ0n) is 16.0. The van der Waals surface area contributed by atoms with Gasteiger partial charge in [-0.3, -0.25) is 4.79 Å². The Balaban J connectivity index is 1.45. The minimum Gasteiger partial charge on any atom is -0.444 e. The molecular formula is C17H26BrN5O3S. The van der Waals surface area contributed by atoms with Gasteiger partial charge in [0.05, 0.1) is 0 Å². The van der Waals surface area contributed by atoms with Crippen LogP contribution in [0.25, 0.3) is 0 Å². The average molecular weight is 460 g/mol. The zero-order chi connectivity index (χ0) is 19.6. The number of nitrogens with zero attached hydrogens (tertiary/aromatic N) is 5. The third-order valence-corrected chi connectivity index (χ3v) is 6.16. The molecule has 1 aromatic rings. The molecule has 3 heterocycles. The van der Waals surface area contributed by atoms with Crippen LogP contribution in [-0.4, -0.2) is 76.9 Å². The highest BCUT2D eigenvalue weighted by atomic mass is 79.9. The number of carbonyl (C=O) groups is 2. The van der Waals surface area contributed by atoms with E-state index in [2.05, 4.69) is 31.0 Å². The summed E-state index contributed by atoms with van der Waals surface area (Å²) in [4.78, 5) is 30.8. The summed E-state index contributed by atoms with van der Waals surface area (Å²) < 4.78 is 6.19. The number of piperidine rings is 1. The monoisotopic (exact) mass is 459 g/mol. The first-order valence-electron chi connectivity index (χ1n) is 9.23. The summed E-state index contributed by atoms with van der Waals surface area (Å²) in [6.07, 6.45) is 1.11. The van der Waals surface area contributed by atoms with Crippen LogP contribution in [0.5, 0.6) is 0 Å². The number of anilines is 1. The molecule has 0 saturated carbocycles. The van der Waals surface area contributed by atoms with Crippen LogP contribution in [0.4, 0.5) is 9.93 Å². The van der Waals surface area contributed by atoms with Gasteiger partial charge < -0.3 is 19.4 Å². The van der Waals surface area contributed by atoms with Gasteiger partial charge in [-0.15, -0.1) is 10.2 Å². The lowest BCUT2D eigenvalue weighted by Crippen LogP contribution is -2.52. The number of likely N-dealkylation sites (tertiary alicyclic amines) is 1. The summed E-state index contributed by atoms with van der Waals surface area (Å²) in [6, 6.07) is 0. The van der Waals surface area contributed by atoms with Crippen molar-refractivity contribution in [3.63, 3.8) is 0 Å². The van der Waals surface area contributed by atoms with Crippen LogP contribution in [0.2, 0.25) is 0 Å². The summed E-state index contributed by atoms with van der Waals surface area (Å²) in [5.41, 5.74) is -0.494. The lowest BCUT2D eigenvalue weighted by molar-refractivity contribution is -0.137. The lowest BCUT2D eigenvalue weighted by atomic mass is 9.95. The first-order chi connectivity index (χ1) is 12.7. The van der Waals surface area contributed by atoms with Crippen LogP contribution in [0.1, 0.15) is 33.6 Å². The predicted molar refractivity (Wildman–Crippen MR) is 107 cm³/mol. The lowest BCUT2D eigenvalue weighted by Gasteiger charge is -2.38. The van der Waals surface area contributed by atoms with E-state index in [0.717, 1.165) is 22.1 Å². The second-order valence-corrected chi connectivity index (χ2v) is 10.1. The molecule has 10 heteroatoms. The summed E-state index contributed by atoms with van der Waals surface area (Å²) in [5, 5.41) is 9.02. The van der Waals surface area contributed by atoms with Crippen molar-refractivity contribution >= 4 is 44.4 Å². The van der Waals surface area contributed by atoms with Crippen molar-refractivity contribution in [3.05, 3.63) is 3.92 Å². The molecule has 0 N–H and O–H groups in total. The second kappa shape index (κ2) is 8.30. The van der Waals surface area contributed by atoms with Gasteiger partial charge in [-0.25, -0.2) is 4.79 Å². The zero-order valence-corrected chi connectivity index (χ0v) is 18.4. The fourth-order valence-electron chi connectivity index (χ4n) is 3.34. The van der Waals surface area contributed by atoms with Gasteiger partial charge in [0.2, 0.25) is 11.0 Å². The quantitative estimate of drug-likeness (QED) is 0.675. The van der Waals surface area contributed by atoms with Crippen molar-refractivity contribution in [2.75, 3.05) is 44.2 Å². The van der Waals surface area contributed by atoms with Crippen molar-refractivity contribution in [1.82, 2.24) is 20.0 Å². The highest BCUT2D eigenvalue weighted by Crippen LogP contribution is 2.26. The van der Waals surface area contributed by atoms with E-state index in [4.69, 9.17) is 4.74 Å². The van der Waals surface area contributed by atoms with Crippen LogP contribution < -0.4 is 4.90 Å². The van der Waals surface area contributed by atoms with E-state index in [1.807, 2.05) is 25.7 Å². The van der Waals surface area contributed by atoms with Gasteiger partial charge in [0, 0.05) is 45.2 Å². The van der Waals surface area contributed by atoms with Gasteiger partial charge in [-0.05, 0) is 49.5 Å². The van der Waals surface area contributed by atoms with Gasteiger partial charge in [0.25, 0.3) is 0 Å². The topological polar surface area (TPSA) is 78.9 Å². The predicted octanol–water partition coefficient (Wildman–Crippen LogP) is 2.60. The molecule has 0 unspecified atom stereocenters. The Bertz CT molecular complexity index is 676. The fraction of sp³-hybridized carbons (Fsp3) is 0.765. The molecule has 0 radical (unpaired) electrons. The molecule has 27 heavy (non-hydrogen) atoms. The molecule has 2 amide bonds. The van der Waals surface area contributed by atoms with E-state index in [1.54, 1.807) is 4.90 Å². The van der Waals surface area contributed by atoms with Crippen LogP contribution in [0.15, 0.2) is 3.92 Å². The van der Waals surface area contributed by atoms with E-state index in [1.165, 1.54) is 11.3 Å². The molecule has 8 nitrogen and oxygen atoms in total. The normalized spacial score (nSPS) is 19.3. The first-order valence-corrected chi connectivity index (χ1v) is 10.8. The molecule has 0 bridgehead atoms. The number of hydrogen-bond donors (Lipinski definition) is 0. The Morgan fingerprint density at radius 3 is 2.19 bits per heavy atom. The molecule has 2 saturated heterocycles. The maximum absolute atomic E-state index is 12.8. The molecule has 1 aromatic heterocycles. The standard InChI is InChI=1S/C17H26BrN5O3S/c1-17(2,3)26-16(25)23-6-4-12(5-7-23)13(24)21-8-10-22(11-9-21)15-20-19-14(18)27-15/h12H,4-11H2,1-3H3. The van der Waals surface area contributed by atoms with Crippen molar-refractivity contribution in [1.29, 1.82) is 0 Å². The van der Waals surface area contributed by atoms with Gasteiger partial charge in [-0.1, -0.05) is 11.3 Å². The Kier molecular flexibility index (Phi) is 6.25. The Morgan fingerprint density at radius 2 is 1.67 bits per heavy atom. The minimum atomic E-state index is -0.494. The molecule has 2 aliphatic heterocycles. The molecule has 0 atom stereocenters. The molecule has 3 rings (SSSR count). The van der Waals surface area contributed by atoms with Gasteiger partial charge in [0.1, 0.15) is 5.60 Å². The Hall–Kier alpha value is -1.42. The first kappa shape index (κ1) is 20.3. The number of piperazine rings is 1. The van der Waals surface area contributed by atoms with Crippen LogP contribution in [-0.2, 0) is 9.53 Å². The number of hydrogen-bond acceptors (Lipinski definition) is 7. The largest absolute Gasteiger partial charge is 0.444 e. The summed E-state index contributed by atoms with van der Waals surface area (Å²) in [7, 11) is 0. The van der Waals surface area contributed by atoms with Crippen LogP contribution >= 0.6 is 27.3 Å². The fourth-order valence-corrected chi connectivity index (χ4v) is 4.48. The average Bonchev–Trinajstić information content (AvgIpc) is 3.06. The number of aromatic nitrogens is 2. The van der Waals surface area contributed by atoms with E-state index in [-0.39, 0.29) is 17.9 Å². The molecule has 2 aliphatic rings. The number of ether oxygens (including phenoxy) is 1. The van der Waals surface area contributed by atoms with Crippen LogP contribution in [0.3, 0.4) is 0 Å². The number of amides is 2. The molecule has 0 spiro atoms. The van der Waals surface area contributed by atoms with Crippen molar-refractivity contribution in [2.45, 2.75) is 39.2 Å². The third-order valence-electron chi connectivity index (χ3n) is 4.75. The summed E-state index contributed by atoms with van der Waals surface area (Å²) in [6.45, 7) is 9.66.